The first-order valence-corrected chi connectivity index (χ1v) is 9.21. The molecule has 0 aliphatic heterocycles. The van der Waals surface area contributed by atoms with E-state index in [4.69, 9.17) is 0 Å². The van der Waals surface area contributed by atoms with Crippen LogP contribution in [0.2, 0.25) is 0 Å². The number of hydrogen-bond donors (Lipinski definition) is 2. The van der Waals surface area contributed by atoms with Crippen molar-refractivity contribution in [1.29, 1.82) is 0 Å². The summed E-state index contributed by atoms with van der Waals surface area (Å²) in [5.74, 6) is 0.775. The summed E-state index contributed by atoms with van der Waals surface area (Å²) in [5.41, 5.74) is 2.99. The van der Waals surface area contributed by atoms with Gasteiger partial charge in [0, 0.05) is 36.3 Å². The van der Waals surface area contributed by atoms with Crippen molar-refractivity contribution in [1.82, 2.24) is 20.3 Å². The second-order valence-corrected chi connectivity index (χ2v) is 6.36. The van der Waals surface area contributed by atoms with Crippen molar-refractivity contribution in [3.05, 3.63) is 103 Å². The van der Waals surface area contributed by atoms with Gasteiger partial charge in [-0.2, -0.15) is 0 Å². The molecule has 0 saturated carbocycles. The van der Waals surface area contributed by atoms with E-state index < -0.39 is 0 Å². The number of amides is 1. The third kappa shape index (κ3) is 4.81. The van der Waals surface area contributed by atoms with Crippen LogP contribution in [0.4, 0.5) is 11.5 Å². The van der Waals surface area contributed by atoms with E-state index in [1.54, 1.807) is 18.5 Å². The molecule has 0 spiro atoms. The molecule has 0 unspecified atom stereocenters. The molecule has 0 fully saturated rings. The van der Waals surface area contributed by atoms with Gasteiger partial charge in [-0.3, -0.25) is 9.78 Å². The fourth-order valence-corrected chi connectivity index (χ4v) is 2.79. The number of pyridine rings is 1. The second-order valence-electron chi connectivity index (χ2n) is 6.36. The molecule has 29 heavy (non-hydrogen) atoms. The number of rotatable bonds is 6. The van der Waals surface area contributed by atoms with Crippen molar-refractivity contribution in [2.45, 2.75) is 6.54 Å². The van der Waals surface area contributed by atoms with Gasteiger partial charge in [0.15, 0.2) is 5.82 Å². The summed E-state index contributed by atoms with van der Waals surface area (Å²) in [4.78, 5) is 25.8. The Labute approximate surface area is 168 Å². The quantitative estimate of drug-likeness (QED) is 0.523. The molecule has 1 amide bonds. The molecule has 0 atom stereocenters. The zero-order valence-electron chi connectivity index (χ0n) is 15.6. The molecule has 4 aromatic rings. The highest BCUT2D eigenvalue weighted by Crippen LogP contribution is 2.20. The van der Waals surface area contributed by atoms with Crippen LogP contribution in [0.25, 0.3) is 11.4 Å². The molecule has 142 valence electrons. The third-order valence-electron chi connectivity index (χ3n) is 4.24. The van der Waals surface area contributed by atoms with Crippen molar-refractivity contribution in [3.63, 3.8) is 0 Å². The first-order valence-electron chi connectivity index (χ1n) is 9.21. The number of carbonyl (C=O) groups is 1. The predicted octanol–water partition coefficient (Wildman–Crippen LogP) is 4.21. The Balaban J connectivity index is 1.62. The first-order chi connectivity index (χ1) is 14.3. The summed E-state index contributed by atoms with van der Waals surface area (Å²) in [6.07, 6.45) is 3.39. The molecule has 6 nitrogen and oxygen atoms in total. The molecular formula is C23H19N5O. The number of para-hydroxylation sites is 1. The van der Waals surface area contributed by atoms with E-state index in [9.17, 15) is 4.79 Å². The molecule has 0 aliphatic rings. The van der Waals surface area contributed by atoms with Crippen LogP contribution in [-0.2, 0) is 6.54 Å². The Morgan fingerprint density at radius 1 is 0.828 bits per heavy atom. The molecule has 0 aliphatic carbocycles. The molecule has 2 heterocycles. The van der Waals surface area contributed by atoms with Crippen molar-refractivity contribution < 1.29 is 4.79 Å². The lowest BCUT2D eigenvalue weighted by Gasteiger charge is -2.11. The highest BCUT2D eigenvalue weighted by molar-refractivity contribution is 5.93. The Bertz CT molecular complexity index is 1090. The van der Waals surface area contributed by atoms with E-state index in [-0.39, 0.29) is 5.91 Å². The van der Waals surface area contributed by atoms with E-state index in [2.05, 4.69) is 25.6 Å². The van der Waals surface area contributed by atoms with Crippen LogP contribution in [0.5, 0.6) is 0 Å². The Kier molecular flexibility index (Phi) is 5.53. The van der Waals surface area contributed by atoms with E-state index >= 15 is 0 Å². The van der Waals surface area contributed by atoms with Gasteiger partial charge in [0.25, 0.3) is 5.91 Å². The molecule has 0 radical (unpaired) electrons. The smallest absolute Gasteiger partial charge is 0.270 e. The number of aromatic nitrogens is 3. The van der Waals surface area contributed by atoms with Crippen LogP contribution >= 0.6 is 0 Å². The minimum absolute atomic E-state index is 0.266. The minimum Gasteiger partial charge on any atom is -0.347 e. The Morgan fingerprint density at radius 3 is 2.24 bits per heavy atom. The number of nitrogens with zero attached hydrogens (tertiary/aromatic N) is 3. The number of anilines is 2. The summed E-state index contributed by atoms with van der Waals surface area (Å²) >= 11 is 0. The van der Waals surface area contributed by atoms with Crippen LogP contribution in [0.15, 0.2) is 91.3 Å². The van der Waals surface area contributed by atoms with Crippen molar-refractivity contribution in [2.24, 2.45) is 0 Å². The molecule has 2 aromatic heterocycles. The van der Waals surface area contributed by atoms with Gasteiger partial charge in [-0.1, -0.05) is 48.5 Å². The maximum atomic E-state index is 12.8. The number of benzene rings is 2. The molecular weight excluding hydrogens is 362 g/mol. The Morgan fingerprint density at radius 2 is 1.52 bits per heavy atom. The largest absolute Gasteiger partial charge is 0.347 e. The summed E-state index contributed by atoms with van der Waals surface area (Å²) < 4.78 is 0. The van der Waals surface area contributed by atoms with E-state index in [1.165, 1.54) is 0 Å². The monoisotopic (exact) mass is 381 g/mol. The number of hydrogen-bond acceptors (Lipinski definition) is 5. The van der Waals surface area contributed by atoms with Crippen molar-refractivity contribution in [3.8, 4) is 11.4 Å². The molecule has 0 saturated heterocycles. The number of carbonyl (C=O) groups excluding carboxylic acids is 1. The van der Waals surface area contributed by atoms with Gasteiger partial charge in [-0.05, 0) is 29.8 Å². The van der Waals surface area contributed by atoms with Gasteiger partial charge in [0.2, 0.25) is 0 Å². The third-order valence-corrected chi connectivity index (χ3v) is 4.24. The zero-order chi connectivity index (χ0) is 19.9. The molecule has 0 bridgehead atoms. The van der Waals surface area contributed by atoms with Crippen LogP contribution in [0, 0.1) is 0 Å². The maximum Gasteiger partial charge on any atom is 0.270 e. The minimum atomic E-state index is -0.266. The van der Waals surface area contributed by atoms with Crippen LogP contribution in [0.3, 0.4) is 0 Å². The van der Waals surface area contributed by atoms with Crippen molar-refractivity contribution in [2.75, 3.05) is 5.32 Å². The molecule has 6 heteroatoms. The normalized spacial score (nSPS) is 10.3. The maximum absolute atomic E-state index is 12.8. The fourth-order valence-electron chi connectivity index (χ4n) is 2.79. The topological polar surface area (TPSA) is 79.8 Å². The van der Waals surface area contributed by atoms with Gasteiger partial charge < -0.3 is 10.6 Å². The summed E-state index contributed by atoms with van der Waals surface area (Å²) in [5, 5.41) is 6.14. The molecule has 2 N–H and O–H groups in total. The lowest BCUT2D eigenvalue weighted by molar-refractivity contribution is 0.0946. The molecule has 4 rings (SSSR count). The molecule has 2 aromatic carbocycles. The average Bonchev–Trinajstić information content (AvgIpc) is 2.79. The summed E-state index contributed by atoms with van der Waals surface area (Å²) in [7, 11) is 0. The standard InChI is InChI=1S/C23H19N5O/c29-23(25-16-17-11-13-24-14-12-17)20-15-21(26-19-9-5-2-6-10-19)28-22(27-20)18-7-3-1-4-8-18/h1-15H,16H2,(H,25,29)(H,26,27,28). The number of nitrogens with one attached hydrogen (secondary N) is 2. The van der Waals surface area contributed by atoms with Crippen LogP contribution in [0.1, 0.15) is 16.1 Å². The van der Waals surface area contributed by atoms with E-state index in [0.717, 1.165) is 16.8 Å². The van der Waals surface area contributed by atoms with Gasteiger partial charge in [0.05, 0.1) is 0 Å². The zero-order valence-corrected chi connectivity index (χ0v) is 15.6. The fraction of sp³-hybridized carbons (Fsp3) is 0.0435. The highest BCUT2D eigenvalue weighted by atomic mass is 16.1. The summed E-state index contributed by atoms with van der Waals surface area (Å²) in [6, 6.07) is 24.7. The van der Waals surface area contributed by atoms with Crippen LogP contribution < -0.4 is 10.6 Å². The second kappa shape index (κ2) is 8.75. The van der Waals surface area contributed by atoms with Gasteiger partial charge in [-0.25, -0.2) is 9.97 Å². The first kappa shape index (κ1) is 18.3. The van der Waals surface area contributed by atoms with Crippen LogP contribution in [-0.4, -0.2) is 20.9 Å². The lowest BCUT2D eigenvalue weighted by atomic mass is 10.2. The van der Waals surface area contributed by atoms with Gasteiger partial charge >= 0.3 is 0 Å². The van der Waals surface area contributed by atoms with E-state index in [0.29, 0.717) is 23.9 Å². The Hall–Kier alpha value is -4.06. The summed E-state index contributed by atoms with van der Waals surface area (Å²) in [6.45, 7) is 0.396. The average molecular weight is 381 g/mol. The van der Waals surface area contributed by atoms with Gasteiger partial charge in [-0.15, -0.1) is 0 Å². The lowest BCUT2D eigenvalue weighted by Crippen LogP contribution is -2.24. The van der Waals surface area contributed by atoms with E-state index in [1.807, 2.05) is 72.8 Å². The van der Waals surface area contributed by atoms with Gasteiger partial charge in [0.1, 0.15) is 11.5 Å². The highest BCUT2D eigenvalue weighted by Gasteiger charge is 2.13. The predicted molar refractivity (Wildman–Crippen MR) is 113 cm³/mol. The van der Waals surface area contributed by atoms with Crippen molar-refractivity contribution >= 4 is 17.4 Å². The SMILES string of the molecule is O=C(NCc1ccncc1)c1cc(Nc2ccccc2)nc(-c2ccccc2)n1.